The molecule has 0 radical (unpaired) electrons. The van der Waals surface area contributed by atoms with Crippen LogP contribution in [0.15, 0.2) is 17.0 Å². The van der Waals surface area contributed by atoms with Crippen LogP contribution in [0.4, 0.5) is 0 Å². The van der Waals surface area contributed by atoms with E-state index in [0.717, 1.165) is 6.42 Å². The summed E-state index contributed by atoms with van der Waals surface area (Å²) in [5, 5.41) is 0. The van der Waals surface area contributed by atoms with Crippen molar-refractivity contribution in [3.8, 4) is 0 Å². The Morgan fingerprint density at radius 3 is 3.05 bits per heavy atom. The fourth-order valence-electron chi connectivity index (χ4n) is 2.81. The number of likely N-dealkylation sites (tertiary alicyclic amines) is 1. The first kappa shape index (κ1) is 13.1. The molecule has 108 valence electrons. The van der Waals surface area contributed by atoms with Crippen molar-refractivity contribution in [2.45, 2.75) is 12.5 Å². The molecule has 2 aliphatic rings. The number of oxazole rings is 1. The van der Waals surface area contributed by atoms with Crippen LogP contribution < -0.4 is 0 Å². The lowest BCUT2D eigenvalue weighted by Crippen LogP contribution is -2.48. The van der Waals surface area contributed by atoms with Gasteiger partial charge in [0.05, 0.1) is 12.3 Å². The number of amides is 2. The van der Waals surface area contributed by atoms with E-state index in [9.17, 15) is 9.59 Å². The van der Waals surface area contributed by atoms with E-state index in [-0.39, 0.29) is 36.2 Å². The van der Waals surface area contributed by atoms with Gasteiger partial charge in [0.1, 0.15) is 6.61 Å². The largest absolute Gasteiger partial charge is 0.438 e. The molecule has 2 amide bonds. The van der Waals surface area contributed by atoms with E-state index in [1.165, 1.54) is 12.6 Å². The zero-order valence-corrected chi connectivity index (χ0v) is 11.3. The Morgan fingerprint density at radius 1 is 1.45 bits per heavy atom. The van der Waals surface area contributed by atoms with E-state index in [2.05, 4.69) is 4.98 Å². The van der Waals surface area contributed by atoms with Gasteiger partial charge in [-0.15, -0.1) is 0 Å². The van der Waals surface area contributed by atoms with Crippen LogP contribution in [0.3, 0.4) is 0 Å². The summed E-state index contributed by atoms with van der Waals surface area (Å²) in [5.74, 6) is 0.237. The third kappa shape index (κ3) is 2.40. The molecule has 3 rings (SSSR count). The Kier molecular flexibility index (Phi) is 3.43. The second-order valence-corrected chi connectivity index (χ2v) is 5.29. The Bertz CT molecular complexity index is 502. The van der Waals surface area contributed by atoms with Gasteiger partial charge in [-0.25, -0.2) is 4.98 Å². The number of nitrogens with zero attached hydrogens (tertiary/aromatic N) is 3. The molecule has 0 saturated carbocycles. The van der Waals surface area contributed by atoms with Crippen molar-refractivity contribution in [2.75, 3.05) is 33.3 Å². The molecule has 2 atom stereocenters. The van der Waals surface area contributed by atoms with E-state index in [1.54, 1.807) is 16.8 Å². The monoisotopic (exact) mass is 279 g/mol. The summed E-state index contributed by atoms with van der Waals surface area (Å²) in [4.78, 5) is 31.1. The number of hydrogen-bond acceptors (Lipinski definition) is 5. The fraction of sp³-hybridized carbons (Fsp3) is 0.615. The number of aromatic nitrogens is 1. The highest BCUT2D eigenvalue weighted by molar-refractivity contribution is 5.91. The molecule has 2 saturated heterocycles. The Balaban J connectivity index is 1.70. The van der Waals surface area contributed by atoms with Crippen molar-refractivity contribution in [3.63, 3.8) is 0 Å². The topological polar surface area (TPSA) is 75.9 Å². The molecule has 3 heterocycles. The molecule has 0 unspecified atom stereocenters. The minimum atomic E-state index is -0.154. The van der Waals surface area contributed by atoms with E-state index in [1.807, 2.05) is 0 Å². The summed E-state index contributed by atoms with van der Waals surface area (Å²) in [5.41, 5.74) is 0. The highest BCUT2D eigenvalue weighted by Gasteiger charge is 2.36. The first-order valence-electron chi connectivity index (χ1n) is 6.68. The molecule has 1 aromatic heterocycles. The van der Waals surface area contributed by atoms with Crippen LogP contribution in [-0.2, 0) is 9.53 Å². The number of fused-ring (bicyclic) bond motifs is 1. The molecule has 1 aromatic rings. The maximum Gasteiger partial charge on any atom is 0.291 e. The minimum Gasteiger partial charge on any atom is -0.438 e. The predicted molar refractivity (Wildman–Crippen MR) is 67.9 cm³/mol. The molecule has 0 spiro atoms. The fourth-order valence-corrected chi connectivity index (χ4v) is 2.81. The SMILES string of the molecule is CN1C[C@H]2CN(C(=O)c3cnco3)CC[C@@H]2OCC1=O. The molecule has 7 heteroatoms. The van der Waals surface area contributed by atoms with Crippen LogP contribution >= 0.6 is 0 Å². The molecule has 0 bridgehead atoms. The van der Waals surface area contributed by atoms with Gasteiger partial charge in [-0.05, 0) is 6.42 Å². The Hall–Kier alpha value is -1.89. The van der Waals surface area contributed by atoms with E-state index >= 15 is 0 Å². The van der Waals surface area contributed by atoms with Gasteiger partial charge in [0.2, 0.25) is 11.7 Å². The van der Waals surface area contributed by atoms with Crippen LogP contribution in [-0.4, -0.2) is 66.0 Å². The van der Waals surface area contributed by atoms with Crippen molar-refractivity contribution in [1.29, 1.82) is 0 Å². The summed E-state index contributed by atoms with van der Waals surface area (Å²) in [6.07, 6.45) is 3.46. The van der Waals surface area contributed by atoms with Gasteiger partial charge in [-0.3, -0.25) is 9.59 Å². The average Bonchev–Trinajstić information content (AvgIpc) is 2.94. The summed E-state index contributed by atoms with van der Waals surface area (Å²) >= 11 is 0. The van der Waals surface area contributed by atoms with Gasteiger partial charge in [-0.1, -0.05) is 0 Å². The molecular formula is C13H17N3O4. The smallest absolute Gasteiger partial charge is 0.291 e. The highest BCUT2D eigenvalue weighted by atomic mass is 16.5. The molecule has 0 aromatic carbocycles. The molecule has 0 aliphatic carbocycles. The molecule has 0 N–H and O–H groups in total. The number of carbonyl (C=O) groups is 2. The second kappa shape index (κ2) is 5.24. The molecule has 2 fully saturated rings. The number of hydrogen-bond donors (Lipinski definition) is 0. The van der Waals surface area contributed by atoms with Crippen molar-refractivity contribution >= 4 is 11.8 Å². The molecular weight excluding hydrogens is 262 g/mol. The van der Waals surface area contributed by atoms with Gasteiger partial charge in [0, 0.05) is 32.6 Å². The predicted octanol–water partition coefficient (Wildman–Crippen LogP) is -0.00610. The zero-order valence-electron chi connectivity index (χ0n) is 11.3. The summed E-state index contributed by atoms with van der Waals surface area (Å²) in [7, 11) is 1.77. The first-order chi connectivity index (χ1) is 9.65. The minimum absolute atomic E-state index is 0.00693. The van der Waals surface area contributed by atoms with Crippen LogP contribution in [0.2, 0.25) is 0 Å². The van der Waals surface area contributed by atoms with Gasteiger partial charge >= 0.3 is 0 Å². The standard InChI is InChI=1S/C13H17N3O4/c1-15-5-9-6-16(13(18)11-4-14-8-20-11)3-2-10(9)19-7-12(15)17/h4,8-10H,2-3,5-7H2,1H3/t9-,10-/m0/s1. The van der Waals surface area contributed by atoms with Crippen molar-refractivity contribution in [3.05, 3.63) is 18.4 Å². The van der Waals surface area contributed by atoms with E-state index in [4.69, 9.17) is 9.15 Å². The number of carbonyl (C=O) groups excluding carboxylic acids is 2. The van der Waals surface area contributed by atoms with Crippen molar-refractivity contribution in [1.82, 2.24) is 14.8 Å². The highest BCUT2D eigenvalue weighted by Crippen LogP contribution is 2.24. The number of likely N-dealkylation sites (N-methyl/N-ethyl adjacent to an activating group) is 1. The van der Waals surface area contributed by atoms with Gasteiger partial charge < -0.3 is 19.0 Å². The second-order valence-electron chi connectivity index (χ2n) is 5.29. The van der Waals surface area contributed by atoms with Crippen molar-refractivity contribution in [2.24, 2.45) is 5.92 Å². The third-order valence-corrected chi connectivity index (χ3v) is 3.95. The first-order valence-corrected chi connectivity index (χ1v) is 6.68. The molecule has 7 nitrogen and oxygen atoms in total. The maximum absolute atomic E-state index is 12.2. The quantitative estimate of drug-likeness (QED) is 0.723. The number of rotatable bonds is 1. The third-order valence-electron chi connectivity index (χ3n) is 3.95. The van der Waals surface area contributed by atoms with Gasteiger partial charge in [-0.2, -0.15) is 0 Å². The molecule has 20 heavy (non-hydrogen) atoms. The van der Waals surface area contributed by atoms with Crippen LogP contribution in [0.1, 0.15) is 17.0 Å². The van der Waals surface area contributed by atoms with Crippen molar-refractivity contribution < 1.29 is 18.7 Å². The van der Waals surface area contributed by atoms with Gasteiger partial charge in [0.25, 0.3) is 5.91 Å². The average molecular weight is 279 g/mol. The Labute approximate surface area is 116 Å². The van der Waals surface area contributed by atoms with E-state index in [0.29, 0.717) is 19.6 Å². The normalized spacial score (nSPS) is 27.1. The zero-order chi connectivity index (χ0) is 14.1. The summed E-state index contributed by atoms with van der Waals surface area (Å²) < 4.78 is 10.7. The number of ether oxygens (including phenoxy) is 1. The number of piperidine rings is 1. The maximum atomic E-state index is 12.2. The van der Waals surface area contributed by atoms with Gasteiger partial charge in [0.15, 0.2) is 6.39 Å². The van der Waals surface area contributed by atoms with Crippen LogP contribution in [0.5, 0.6) is 0 Å². The van der Waals surface area contributed by atoms with Crippen LogP contribution in [0.25, 0.3) is 0 Å². The lowest BCUT2D eigenvalue weighted by Gasteiger charge is -2.37. The molecule has 2 aliphatic heterocycles. The lowest BCUT2D eigenvalue weighted by atomic mass is 9.94. The Morgan fingerprint density at radius 2 is 2.30 bits per heavy atom. The summed E-state index contributed by atoms with van der Waals surface area (Å²) in [6.45, 7) is 1.93. The van der Waals surface area contributed by atoms with Crippen LogP contribution in [0, 0.1) is 5.92 Å². The lowest BCUT2D eigenvalue weighted by molar-refractivity contribution is -0.133. The summed E-state index contributed by atoms with van der Waals surface area (Å²) in [6, 6.07) is 0. The van der Waals surface area contributed by atoms with E-state index < -0.39 is 0 Å².